The molecular formula is C15H22N2O3. The Labute approximate surface area is 119 Å². The van der Waals surface area contributed by atoms with Gasteiger partial charge < -0.3 is 19.0 Å². The summed E-state index contributed by atoms with van der Waals surface area (Å²) in [5.41, 5.74) is 0.622. The lowest BCUT2D eigenvalue weighted by atomic mass is 10.2. The Bertz CT molecular complexity index is 442. The number of furan rings is 1. The normalized spacial score (nSPS) is 23.3. The standard InChI is InChI=1S/C15H22N2O3/c1-16(8-12-2-3-12)9-14-10-17(5-7-20-14)15(18)13-4-6-19-11-13/h4,6,11-12,14H,2-3,5,7-10H2,1H3/t14-/m0/s1. The first-order valence-electron chi connectivity index (χ1n) is 7.34. The number of carbonyl (C=O) groups is 1. The largest absolute Gasteiger partial charge is 0.472 e. The van der Waals surface area contributed by atoms with Crippen LogP contribution in [0.15, 0.2) is 23.0 Å². The number of rotatable bonds is 5. The average molecular weight is 278 g/mol. The summed E-state index contributed by atoms with van der Waals surface area (Å²) in [4.78, 5) is 16.5. The van der Waals surface area contributed by atoms with Crippen molar-refractivity contribution in [2.45, 2.75) is 18.9 Å². The second-order valence-electron chi connectivity index (χ2n) is 5.92. The average Bonchev–Trinajstić information content (AvgIpc) is 3.08. The lowest BCUT2D eigenvalue weighted by Crippen LogP contribution is -2.49. The van der Waals surface area contributed by atoms with Gasteiger partial charge in [-0.25, -0.2) is 0 Å². The Morgan fingerprint density at radius 2 is 2.30 bits per heavy atom. The van der Waals surface area contributed by atoms with Crippen LogP contribution in [0.5, 0.6) is 0 Å². The van der Waals surface area contributed by atoms with Crippen LogP contribution in [-0.2, 0) is 4.74 Å². The third-order valence-corrected chi connectivity index (χ3v) is 3.98. The van der Waals surface area contributed by atoms with Crippen molar-refractivity contribution in [2.24, 2.45) is 5.92 Å². The number of morpholine rings is 1. The highest BCUT2D eigenvalue weighted by Gasteiger charge is 2.28. The van der Waals surface area contributed by atoms with E-state index >= 15 is 0 Å². The van der Waals surface area contributed by atoms with E-state index in [2.05, 4.69) is 11.9 Å². The number of carbonyl (C=O) groups excluding carboxylic acids is 1. The van der Waals surface area contributed by atoms with Gasteiger partial charge in [0.1, 0.15) is 6.26 Å². The summed E-state index contributed by atoms with van der Waals surface area (Å²) in [6, 6.07) is 1.71. The lowest BCUT2D eigenvalue weighted by molar-refractivity contribution is -0.0334. The maximum atomic E-state index is 12.3. The van der Waals surface area contributed by atoms with Crippen molar-refractivity contribution in [2.75, 3.05) is 39.8 Å². The van der Waals surface area contributed by atoms with E-state index in [0.29, 0.717) is 25.3 Å². The zero-order valence-electron chi connectivity index (χ0n) is 12.0. The van der Waals surface area contributed by atoms with Gasteiger partial charge in [-0.1, -0.05) is 0 Å². The molecule has 1 saturated carbocycles. The third-order valence-electron chi connectivity index (χ3n) is 3.98. The van der Waals surface area contributed by atoms with Gasteiger partial charge in [-0.2, -0.15) is 0 Å². The molecule has 1 aromatic heterocycles. The van der Waals surface area contributed by atoms with Crippen LogP contribution >= 0.6 is 0 Å². The number of likely N-dealkylation sites (N-methyl/N-ethyl adjacent to an activating group) is 1. The summed E-state index contributed by atoms with van der Waals surface area (Å²) in [6.07, 6.45) is 5.88. The van der Waals surface area contributed by atoms with Crippen LogP contribution in [-0.4, -0.2) is 61.6 Å². The molecule has 1 aromatic rings. The number of ether oxygens (including phenoxy) is 1. The lowest BCUT2D eigenvalue weighted by Gasteiger charge is -2.34. The second kappa shape index (κ2) is 5.97. The summed E-state index contributed by atoms with van der Waals surface area (Å²) < 4.78 is 10.8. The quantitative estimate of drug-likeness (QED) is 0.818. The van der Waals surface area contributed by atoms with Crippen LogP contribution in [0, 0.1) is 5.92 Å². The fourth-order valence-electron chi connectivity index (χ4n) is 2.75. The molecule has 0 radical (unpaired) electrons. The molecule has 2 fully saturated rings. The van der Waals surface area contributed by atoms with Gasteiger partial charge in [-0.15, -0.1) is 0 Å². The topological polar surface area (TPSA) is 45.9 Å². The van der Waals surface area contributed by atoms with Crippen LogP contribution < -0.4 is 0 Å². The van der Waals surface area contributed by atoms with Gasteiger partial charge in [0.05, 0.1) is 24.5 Å². The Hall–Kier alpha value is -1.33. The molecule has 1 amide bonds. The number of hydrogen-bond acceptors (Lipinski definition) is 4. The summed E-state index contributed by atoms with van der Waals surface area (Å²) >= 11 is 0. The highest BCUT2D eigenvalue weighted by Crippen LogP contribution is 2.29. The molecule has 1 aliphatic carbocycles. The monoisotopic (exact) mass is 278 g/mol. The SMILES string of the molecule is CN(CC1CC1)C[C@H]1CN(C(=O)c2ccoc2)CCO1. The van der Waals surface area contributed by atoms with Gasteiger partial charge in [0.15, 0.2) is 0 Å². The summed E-state index contributed by atoms with van der Waals surface area (Å²) in [5, 5.41) is 0. The van der Waals surface area contributed by atoms with E-state index in [-0.39, 0.29) is 12.0 Å². The number of hydrogen-bond donors (Lipinski definition) is 0. The molecular weight excluding hydrogens is 256 g/mol. The smallest absolute Gasteiger partial charge is 0.257 e. The molecule has 20 heavy (non-hydrogen) atoms. The van der Waals surface area contributed by atoms with Crippen LogP contribution in [0.4, 0.5) is 0 Å². The van der Waals surface area contributed by atoms with Gasteiger partial charge in [-0.05, 0) is 31.9 Å². The molecule has 0 spiro atoms. The molecule has 2 heterocycles. The van der Waals surface area contributed by atoms with Crippen molar-refractivity contribution in [3.05, 3.63) is 24.2 Å². The van der Waals surface area contributed by atoms with E-state index in [1.165, 1.54) is 25.4 Å². The van der Waals surface area contributed by atoms with Crippen molar-refractivity contribution in [3.63, 3.8) is 0 Å². The van der Waals surface area contributed by atoms with Crippen molar-refractivity contribution in [1.82, 2.24) is 9.80 Å². The molecule has 110 valence electrons. The fraction of sp³-hybridized carbons (Fsp3) is 0.667. The highest BCUT2D eigenvalue weighted by atomic mass is 16.5. The Kier molecular flexibility index (Phi) is 4.08. The molecule has 3 rings (SSSR count). The summed E-state index contributed by atoms with van der Waals surface area (Å²) in [6.45, 7) is 3.98. The Morgan fingerprint density at radius 1 is 1.45 bits per heavy atom. The minimum Gasteiger partial charge on any atom is -0.472 e. The Balaban J connectivity index is 1.51. The van der Waals surface area contributed by atoms with Gasteiger partial charge in [0.2, 0.25) is 0 Å². The van der Waals surface area contributed by atoms with E-state index in [0.717, 1.165) is 19.0 Å². The van der Waals surface area contributed by atoms with Crippen LogP contribution in [0.2, 0.25) is 0 Å². The first-order valence-corrected chi connectivity index (χ1v) is 7.34. The van der Waals surface area contributed by atoms with E-state index in [1.807, 2.05) is 4.90 Å². The van der Waals surface area contributed by atoms with Crippen LogP contribution in [0.3, 0.4) is 0 Å². The van der Waals surface area contributed by atoms with Crippen molar-refractivity contribution in [1.29, 1.82) is 0 Å². The molecule has 1 atom stereocenters. The molecule has 0 N–H and O–H groups in total. The molecule has 0 unspecified atom stereocenters. The maximum absolute atomic E-state index is 12.3. The van der Waals surface area contributed by atoms with E-state index in [4.69, 9.17) is 9.15 Å². The minimum atomic E-state index is 0.0388. The molecule has 0 aromatic carbocycles. The first kappa shape index (κ1) is 13.6. The van der Waals surface area contributed by atoms with Gasteiger partial charge >= 0.3 is 0 Å². The molecule has 0 bridgehead atoms. The molecule has 5 nitrogen and oxygen atoms in total. The maximum Gasteiger partial charge on any atom is 0.257 e. The molecule has 1 aliphatic heterocycles. The predicted molar refractivity (Wildman–Crippen MR) is 74.6 cm³/mol. The number of amides is 1. The van der Waals surface area contributed by atoms with E-state index in [9.17, 15) is 4.79 Å². The molecule has 5 heteroatoms. The molecule has 2 aliphatic rings. The van der Waals surface area contributed by atoms with Gasteiger partial charge in [0, 0.05) is 26.2 Å². The zero-order valence-corrected chi connectivity index (χ0v) is 12.0. The highest BCUT2D eigenvalue weighted by molar-refractivity contribution is 5.93. The first-order chi connectivity index (χ1) is 9.72. The van der Waals surface area contributed by atoms with Crippen molar-refractivity contribution in [3.8, 4) is 0 Å². The zero-order chi connectivity index (χ0) is 13.9. The summed E-state index contributed by atoms with van der Waals surface area (Å²) in [7, 11) is 2.14. The van der Waals surface area contributed by atoms with Crippen molar-refractivity contribution >= 4 is 5.91 Å². The third kappa shape index (κ3) is 3.41. The second-order valence-corrected chi connectivity index (χ2v) is 5.92. The summed E-state index contributed by atoms with van der Waals surface area (Å²) in [5.74, 6) is 0.921. The van der Waals surface area contributed by atoms with Crippen LogP contribution in [0.25, 0.3) is 0 Å². The van der Waals surface area contributed by atoms with Gasteiger partial charge in [-0.3, -0.25) is 4.79 Å². The Morgan fingerprint density at radius 3 is 3.00 bits per heavy atom. The van der Waals surface area contributed by atoms with E-state index in [1.54, 1.807) is 6.07 Å². The van der Waals surface area contributed by atoms with E-state index < -0.39 is 0 Å². The predicted octanol–water partition coefficient (Wildman–Crippen LogP) is 1.46. The molecule has 1 saturated heterocycles. The minimum absolute atomic E-state index is 0.0388. The number of nitrogens with zero attached hydrogens (tertiary/aromatic N) is 2. The van der Waals surface area contributed by atoms with Gasteiger partial charge in [0.25, 0.3) is 5.91 Å². The van der Waals surface area contributed by atoms with Crippen molar-refractivity contribution < 1.29 is 13.9 Å². The fourth-order valence-corrected chi connectivity index (χ4v) is 2.75. The van der Waals surface area contributed by atoms with Crippen LogP contribution in [0.1, 0.15) is 23.2 Å².